The first-order valence-electron chi connectivity index (χ1n) is 11.4. The van der Waals surface area contributed by atoms with Gasteiger partial charge < -0.3 is 23.8 Å². The molecule has 0 aliphatic carbocycles. The first-order valence-corrected chi connectivity index (χ1v) is 11.4. The number of rotatable bonds is 4. The molecule has 4 aromatic rings. The van der Waals surface area contributed by atoms with Crippen LogP contribution in [0.1, 0.15) is 17.0 Å². The van der Waals surface area contributed by atoms with Crippen molar-refractivity contribution >= 4 is 11.7 Å². The monoisotopic (exact) mass is 491 g/mol. The highest BCUT2D eigenvalue weighted by molar-refractivity contribution is 5.72. The predicted molar refractivity (Wildman–Crippen MR) is 127 cm³/mol. The standard InChI is InChI=1S/C26H23F2N5O3/c1-15-5-6-33-22(12-18-14-32(7-8-36-18)26(34)35-2)25(31-23(33)9-15)24-19(27)10-16(11-20(24)28)21-4-3-17(13-29)30-21/h3-6,9-11,18,30H,7-8,12,14H2,1-2H3. The summed E-state index contributed by atoms with van der Waals surface area (Å²) in [4.78, 5) is 21.0. The zero-order valence-corrected chi connectivity index (χ0v) is 19.7. The van der Waals surface area contributed by atoms with Gasteiger partial charge in [-0.2, -0.15) is 5.26 Å². The molecule has 0 radical (unpaired) electrons. The maximum atomic E-state index is 15.5. The number of morpholine rings is 1. The Morgan fingerprint density at radius 3 is 2.75 bits per heavy atom. The third-order valence-corrected chi connectivity index (χ3v) is 6.27. The number of aryl methyl sites for hydroxylation is 1. The van der Waals surface area contributed by atoms with Crippen molar-refractivity contribution in [3.8, 4) is 28.6 Å². The number of methoxy groups -OCH3 is 1. The van der Waals surface area contributed by atoms with Crippen molar-refractivity contribution in [3.63, 3.8) is 0 Å². The average Bonchev–Trinajstić information content (AvgIpc) is 3.48. The summed E-state index contributed by atoms with van der Waals surface area (Å²) in [5.41, 5.74) is 2.99. The van der Waals surface area contributed by atoms with Gasteiger partial charge in [0.15, 0.2) is 0 Å². The van der Waals surface area contributed by atoms with Gasteiger partial charge in [0.05, 0.1) is 43.3 Å². The van der Waals surface area contributed by atoms with E-state index in [-0.39, 0.29) is 29.8 Å². The molecule has 0 bridgehead atoms. The summed E-state index contributed by atoms with van der Waals surface area (Å²) < 4.78 is 43.5. The lowest BCUT2D eigenvalue weighted by atomic mass is 10.0. The normalized spacial score (nSPS) is 15.8. The van der Waals surface area contributed by atoms with Gasteiger partial charge in [0.2, 0.25) is 0 Å². The first kappa shape index (κ1) is 23.5. The van der Waals surface area contributed by atoms with Crippen molar-refractivity contribution in [1.29, 1.82) is 5.26 Å². The van der Waals surface area contributed by atoms with Crippen LogP contribution in [0, 0.1) is 29.9 Å². The maximum absolute atomic E-state index is 15.5. The van der Waals surface area contributed by atoms with Gasteiger partial charge in [-0.25, -0.2) is 18.6 Å². The van der Waals surface area contributed by atoms with E-state index in [2.05, 4.69) is 9.97 Å². The van der Waals surface area contributed by atoms with Gasteiger partial charge in [0, 0.05) is 30.4 Å². The Labute approximate surface area is 205 Å². The summed E-state index contributed by atoms with van der Waals surface area (Å²) in [5.74, 6) is -1.56. The zero-order valence-electron chi connectivity index (χ0n) is 19.7. The molecule has 1 N–H and O–H groups in total. The van der Waals surface area contributed by atoms with Crippen LogP contribution in [-0.2, 0) is 15.9 Å². The van der Waals surface area contributed by atoms with Crippen LogP contribution in [0.2, 0.25) is 0 Å². The van der Waals surface area contributed by atoms with E-state index in [0.717, 1.165) is 5.56 Å². The maximum Gasteiger partial charge on any atom is 0.409 e. The Morgan fingerprint density at radius 2 is 2.06 bits per heavy atom. The Kier molecular flexibility index (Phi) is 6.16. The van der Waals surface area contributed by atoms with Crippen molar-refractivity contribution in [2.45, 2.75) is 19.4 Å². The number of H-pyrrole nitrogens is 1. The second-order valence-corrected chi connectivity index (χ2v) is 8.66. The number of ether oxygens (including phenoxy) is 2. The summed E-state index contributed by atoms with van der Waals surface area (Å²) in [6.45, 7) is 2.92. The molecule has 1 amide bonds. The predicted octanol–water partition coefficient (Wildman–Crippen LogP) is 4.46. The number of aromatic nitrogens is 3. The van der Waals surface area contributed by atoms with Gasteiger partial charge in [-0.3, -0.25) is 0 Å². The SMILES string of the molecule is COC(=O)N1CCOC(Cc2c(-c3c(F)cc(-c4ccc(C#N)[nH]4)cc3F)nc3cc(C)ccn23)C1. The molecule has 1 fully saturated rings. The van der Waals surface area contributed by atoms with Crippen LogP contribution in [0.4, 0.5) is 13.6 Å². The number of carbonyl (C=O) groups excluding carboxylic acids is 1. The van der Waals surface area contributed by atoms with Crippen LogP contribution < -0.4 is 0 Å². The minimum absolute atomic E-state index is 0.171. The van der Waals surface area contributed by atoms with Gasteiger partial charge in [0.1, 0.15) is 29.0 Å². The van der Waals surface area contributed by atoms with E-state index >= 15 is 8.78 Å². The summed E-state index contributed by atoms with van der Waals surface area (Å²) in [6.07, 6.45) is 1.22. The number of fused-ring (bicyclic) bond motifs is 1. The number of nitrogens with zero attached hydrogens (tertiary/aromatic N) is 4. The minimum Gasteiger partial charge on any atom is -0.453 e. The van der Waals surface area contributed by atoms with E-state index in [1.807, 2.05) is 31.3 Å². The van der Waals surface area contributed by atoms with Crippen LogP contribution >= 0.6 is 0 Å². The molecule has 1 unspecified atom stereocenters. The number of halogens is 2. The number of hydrogen-bond acceptors (Lipinski definition) is 5. The fraction of sp³-hybridized carbons (Fsp3) is 0.269. The van der Waals surface area contributed by atoms with Crippen molar-refractivity contribution in [2.75, 3.05) is 26.8 Å². The van der Waals surface area contributed by atoms with Gasteiger partial charge in [0.25, 0.3) is 0 Å². The van der Waals surface area contributed by atoms with Crippen LogP contribution in [0.15, 0.2) is 42.6 Å². The smallest absolute Gasteiger partial charge is 0.409 e. The van der Waals surface area contributed by atoms with Gasteiger partial charge in [-0.15, -0.1) is 0 Å². The topological polar surface area (TPSA) is 95.6 Å². The largest absolute Gasteiger partial charge is 0.453 e. The van der Waals surface area contributed by atoms with E-state index in [4.69, 9.17) is 14.7 Å². The van der Waals surface area contributed by atoms with E-state index in [1.54, 1.807) is 21.4 Å². The fourth-order valence-corrected chi connectivity index (χ4v) is 4.53. The van der Waals surface area contributed by atoms with Crippen LogP contribution in [-0.4, -0.2) is 58.3 Å². The number of nitriles is 1. The van der Waals surface area contributed by atoms with E-state index in [0.29, 0.717) is 35.9 Å². The van der Waals surface area contributed by atoms with Crippen molar-refractivity contribution < 1.29 is 23.0 Å². The number of amides is 1. The summed E-state index contributed by atoms with van der Waals surface area (Å²) in [5, 5.41) is 9.04. The number of benzene rings is 1. The number of imidazole rings is 1. The Morgan fingerprint density at radius 1 is 1.28 bits per heavy atom. The molecule has 1 saturated heterocycles. The molecule has 0 spiro atoms. The van der Waals surface area contributed by atoms with Gasteiger partial charge >= 0.3 is 6.09 Å². The van der Waals surface area contributed by atoms with Crippen LogP contribution in [0.5, 0.6) is 0 Å². The molecule has 3 aromatic heterocycles. The summed E-state index contributed by atoms with van der Waals surface area (Å²) in [6, 6.07) is 11.3. The van der Waals surface area contributed by atoms with Crippen molar-refractivity contribution in [1.82, 2.24) is 19.3 Å². The number of hydrogen-bond donors (Lipinski definition) is 1. The van der Waals surface area contributed by atoms with Crippen LogP contribution in [0.3, 0.4) is 0 Å². The molecule has 0 saturated carbocycles. The van der Waals surface area contributed by atoms with E-state index < -0.39 is 23.8 Å². The summed E-state index contributed by atoms with van der Waals surface area (Å²) in [7, 11) is 1.32. The molecular weight excluding hydrogens is 468 g/mol. The fourth-order valence-electron chi connectivity index (χ4n) is 4.53. The zero-order chi connectivity index (χ0) is 25.4. The molecule has 1 aliphatic heterocycles. The first-order chi connectivity index (χ1) is 17.4. The highest BCUT2D eigenvalue weighted by Crippen LogP contribution is 2.34. The van der Waals surface area contributed by atoms with Gasteiger partial charge in [-0.1, -0.05) is 0 Å². The molecule has 5 rings (SSSR count). The molecule has 36 heavy (non-hydrogen) atoms. The second kappa shape index (κ2) is 9.43. The Hall–Kier alpha value is -4.23. The average molecular weight is 491 g/mol. The van der Waals surface area contributed by atoms with Gasteiger partial charge in [-0.05, 0) is 48.9 Å². The highest BCUT2D eigenvalue weighted by atomic mass is 19.1. The lowest BCUT2D eigenvalue weighted by Crippen LogP contribution is -2.46. The molecule has 1 aromatic carbocycles. The number of pyridine rings is 1. The highest BCUT2D eigenvalue weighted by Gasteiger charge is 2.29. The minimum atomic E-state index is -0.778. The van der Waals surface area contributed by atoms with Crippen molar-refractivity contribution in [3.05, 3.63) is 71.2 Å². The molecule has 4 heterocycles. The molecule has 1 aliphatic rings. The third kappa shape index (κ3) is 4.29. The summed E-state index contributed by atoms with van der Waals surface area (Å²) >= 11 is 0. The Balaban J connectivity index is 1.58. The lowest BCUT2D eigenvalue weighted by Gasteiger charge is -2.32. The number of nitrogens with one attached hydrogen (secondary N) is 1. The second-order valence-electron chi connectivity index (χ2n) is 8.66. The molecular formula is C26H23F2N5O3. The third-order valence-electron chi connectivity index (χ3n) is 6.27. The number of carbonyl (C=O) groups is 1. The molecule has 8 nitrogen and oxygen atoms in total. The quantitative estimate of drug-likeness (QED) is 0.455. The van der Waals surface area contributed by atoms with E-state index in [9.17, 15) is 4.79 Å². The molecule has 10 heteroatoms. The molecule has 184 valence electrons. The number of aromatic amines is 1. The van der Waals surface area contributed by atoms with Crippen molar-refractivity contribution in [2.24, 2.45) is 0 Å². The lowest BCUT2D eigenvalue weighted by molar-refractivity contribution is -0.0241. The Bertz CT molecular complexity index is 1480. The van der Waals surface area contributed by atoms with E-state index in [1.165, 1.54) is 19.2 Å². The molecule has 1 atom stereocenters. The van der Waals surface area contributed by atoms with Crippen LogP contribution in [0.25, 0.3) is 28.2 Å².